The number of phenolic OH excluding ortho intramolecular Hbond substituents is 1. The number of amides is 6. The minimum absolute atomic E-state index is 0.00242. The lowest BCUT2D eigenvalue weighted by Crippen LogP contribution is -2.63. The Bertz CT molecular complexity index is 2910. The van der Waals surface area contributed by atoms with Gasteiger partial charge in [-0.05, 0) is 92.1 Å². The van der Waals surface area contributed by atoms with Crippen LogP contribution in [0.1, 0.15) is 86.8 Å². The number of halogens is 2. The SMILES string of the molecule is O=C1CCC(N2C(=O)c3cc(F)c(N4CC5CCC4CN5CC4CCN(c5ccc(-c6ccc7c(c6)C(=O)N(C(C(=O)Nc6nccs6)c6cc(F)ccc6O)C7)nn5)CC4)cc3C2=O)C(=O)N1. The minimum atomic E-state index is -1.35. The van der Waals surface area contributed by atoms with Crippen LogP contribution in [-0.4, -0.2) is 121 Å². The van der Waals surface area contributed by atoms with Gasteiger partial charge in [0.1, 0.15) is 29.5 Å². The van der Waals surface area contributed by atoms with E-state index in [0.29, 0.717) is 40.0 Å². The Balaban J connectivity index is 0.708. The first-order valence-corrected chi connectivity index (χ1v) is 23.5. The smallest absolute Gasteiger partial charge is 0.262 e. The van der Waals surface area contributed by atoms with E-state index in [2.05, 4.69) is 35.6 Å². The van der Waals surface area contributed by atoms with E-state index in [-0.39, 0.29) is 59.6 Å². The molecule has 0 aliphatic carbocycles. The first-order chi connectivity index (χ1) is 32.9. The predicted molar refractivity (Wildman–Crippen MR) is 243 cm³/mol. The van der Waals surface area contributed by atoms with Gasteiger partial charge in [0.15, 0.2) is 10.9 Å². The third kappa shape index (κ3) is 7.70. The third-order valence-electron chi connectivity index (χ3n) is 14.3. The fraction of sp³-hybridized carbons (Fsp3) is 0.354. The highest BCUT2D eigenvalue weighted by Crippen LogP contribution is 2.40. The molecule has 17 nitrogen and oxygen atoms in total. The molecular weight excluding hydrogens is 899 g/mol. The van der Waals surface area contributed by atoms with Crippen LogP contribution in [0.15, 0.2) is 72.2 Å². The summed E-state index contributed by atoms with van der Waals surface area (Å²) in [5.74, 6) is -4.06. The van der Waals surface area contributed by atoms with Crippen molar-refractivity contribution in [3.63, 3.8) is 0 Å². The monoisotopic (exact) mass is 942 g/mol. The molecule has 6 amide bonds. The van der Waals surface area contributed by atoms with Crippen molar-refractivity contribution in [1.82, 2.24) is 35.2 Å². The molecule has 12 rings (SSSR count). The lowest BCUT2D eigenvalue weighted by atomic mass is 9.87. The highest BCUT2D eigenvalue weighted by molar-refractivity contribution is 7.13. The first-order valence-electron chi connectivity index (χ1n) is 22.7. The zero-order valence-electron chi connectivity index (χ0n) is 36.4. The number of phenols is 1. The summed E-state index contributed by atoms with van der Waals surface area (Å²) in [4.78, 5) is 91.7. The molecule has 9 heterocycles. The number of piperidine rings is 4. The van der Waals surface area contributed by atoms with Crippen molar-refractivity contribution in [2.75, 3.05) is 47.8 Å². The molecule has 3 N–H and O–H groups in total. The topological polar surface area (TPSA) is 202 Å². The Kier molecular flexibility index (Phi) is 10.9. The normalized spacial score (nSPS) is 22.2. The van der Waals surface area contributed by atoms with Gasteiger partial charge in [-0.3, -0.25) is 49.2 Å². The van der Waals surface area contributed by atoms with Crippen molar-refractivity contribution >= 4 is 63.4 Å². The second kappa shape index (κ2) is 17.2. The number of fused-ring (bicyclic) bond motifs is 5. The van der Waals surface area contributed by atoms with Crippen molar-refractivity contribution in [2.45, 2.75) is 69.2 Å². The summed E-state index contributed by atoms with van der Waals surface area (Å²) >= 11 is 1.19. The number of benzene rings is 3. The van der Waals surface area contributed by atoms with Crippen molar-refractivity contribution < 1.29 is 42.7 Å². The number of nitrogens with one attached hydrogen (secondary N) is 2. The zero-order chi connectivity index (χ0) is 47.0. The van der Waals surface area contributed by atoms with Gasteiger partial charge in [-0.15, -0.1) is 21.5 Å². The summed E-state index contributed by atoms with van der Waals surface area (Å²) < 4.78 is 30.3. The van der Waals surface area contributed by atoms with Crippen molar-refractivity contribution in [1.29, 1.82) is 0 Å². The molecule has 0 saturated carbocycles. The summed E-state index contributed by atoms with van der Waals surface area (Å²) in [5.41, 5.74) is 2.46. The molecular formula is C48H44F2N10O7S. The molecule has 4 atom stereocenters. The van der Waals surface area contributed by atoms with Crippen LogP contribution < -0.4 is 20.4 Å². The van der Waals surface area contributed by atoms with Crippen molar-refractivity contribution in [3.05, 3.63) is 112 Å². The van der Waals surface area contributed by atoms with Gasteiger partial charge in [-0.1, -0.05) is 12.1 Å². The average Bonchev–Trinajstić information content (AvgIpc) is 4.03. The number of hydrogen-bond donors (Lipinski definition) is 3. The van der Waals surface area contributed by atoms with Gasteiger partial charge >= 0.3 is 0 Å². The van der Waals surface area contributed by atoms with Crippen LogP contribution in [0, 0.1) is 17.6 Å². The number of aromatic hydroxyl groups is 1. The van der Waals surface area contributed by atoms with E-state index in [0.717, 1.165) is 86.8 Å². The van der Waals surface area contributed by atoms with Gasteiger partial charge < -0.3 is 19.8 Å². The van der Waals surface area contributed by atoms with Gasteiger partial charge in [0, 0.05) is 86.0 Å². The molecule has 348 valence electrons. The predicted octanol–water partition coefficient (Wildman–Crippen LogP) is 4.89. The molecule has 7 aliphatic heterocycles. The highest BCUT2D eigenvalue weighted by atomic mass is 32.1. The van der Waals surface area contributed by atoms with Gasteiger partial charge in [0.05, 0.1) is 22.5 Å². The lowest BCUT2D eigenvalue weighted by molar-refractivity contribution is -0.136. The minimum Gasteiger partial charge on any atom is -0.508 e. The fourth-order valence-corrected chi connectivity index (χ4v) is 11.3. The quantitative estimate of drug-likeness (QED) is 0.160. The standard InChI is InChI=1S/C48H44F2N10O7S/c49-28-3-8-39(61)34(18-28)42(44(64)53-48-51-13-16-68-48)59-22-27-2-1-26(17-31(27)45(59)65)36-6-9-40(55-54-36)56-14-11-25(12-15-56)21-57-23-30-5-4-29(57)24-58(30)38-20-33-32(19-35(38)50)46(66)60(47(33)67)37-7-10-41(62)52-43(37)63/h1-3,6,8-9,13,16-20,25,29-30,37,42,61H,4-5,7,10-12,14-15,21-24H2,(H,51,53,64)(H,52,62,63). The number of imide groups is 2. The van der Waals surface area contributed by atoms with E-state index >= 15 is 4.39 Å². The van der Waals surface area contributed by atoms with Crippen LogP contribution in [0.5, 0.6) is 5.75 Å². The first kappa shape index (κ1) is 43.4. The van der Waals surface area contributed by atoms with Crippen LogP contribution in [-0.2, 0) is 20.9 Å². The zero-order valence-corrected chi connectivity index (χ0v) is 37.3. The van der Waals surface area contributed by atoms with Gasteiger partial charge in [-0.2, -0.15) is 0 Å². The third-order valence-corrected chi connectivity index (χ3v) is 15.0. The largest absolute Gasteiger partial charge is 0.508 e. The number of aromatic nitrogens is 3. The van der Waals surface area contributed by atoms with Crippen LogP contribution in [0.3, 0.4) is 0 Å². The van der Waals surface area contributed by atoms with E-state index in [1.807, 2.05) is 23.1 Å². The molecule has 5 aromatic rings. The fourth-order valence-electron chi connectivity index (χ4n) is 10.8. The number of nitrogens with zero attached hydrogens (tertiary/aromatic N) is 8. The van der Waals surface area contributed by atoms with Gasteiger partial charge in [-0.25, -0.2) is 13.8 Å². The van der Waals surface area contributed by atoms with Crippen LogP contribution in [0.2, 0.25) is 0 Å². The lowest BCUT2D eigenvalue weighted by Gasteiger charge is -2.53. The van der Waals surface area contributed by atoms with Gasteiger partial charge in [0.2, 0.25) is 11.8 Å². The molecule has 3 aromatic carbocycles. The average molecular weight is 943 g/mol. The Hall–Kier alpha value is -7.19. The molecule has 5 saturated heterocycles. The molecule has 4 unspecified atom stereocenters. The molecule has 2 bridgehead atoms. The van der Waals surface area contributed by atoms with E-state index in [4.69, 9.17) is 0 Å². The van der Waals surface area contributed by atoms with Gasteiger partial charge in [0.25, 0.3) is 23.6 Å². The van der Waals surface area contributed by atoms with Crippen LogP contribution in [0.25, 0.3) is 11.3 Å². The highest BCUT2D eigenvalue weighted by Gasteiger charge is 2.47. The number of piperazine rings is 1. The summed E-state index contributed by atoms with van der Waals surface area (Å²) in [6.45, 7) is 3.87. The number of thiazole rings is 1. The molecule has 68 heavy (non-hydrogen) atoms. The summed E-state index contributed by atoms with van der Waals surface area (Å²) in [5, 5.41) is 26.7. The second-order valence-corrected chi connectivity index (χ2v) is 19.1. The number of carbonyl (C=O) groups is 6. The number of rotatable bonds is 10. The maximum absolute atomic E-state index is 15.8. The van der Waals surface area contributed by atoms with Crippen molar-refractivity contribution in [3.8, 4) is 17.0 Å². The molecule has 5 fully saturated rings. The maximum atomic E-state index is 15.8. The molecule has 2 aromatic heterocycles. The Morgan fingerprint density at radius 1 is 0.853 bits per heavy atom. The van der Waals surface area contributed by atoms with E-state index in [1.165, 1.54) is 28.5 Å². The molecule has 7 aliphatic rings. The maximum Gasteiger partial charge on any atom is 0.262 e. The molecule has 20 heteroatoms. The van der Waals surface area contributed by atoms with Crippen molar-refractivity contribution in [2.24, 2.45) is 5.92 Å². The summed E-state index contributed by atoms with van der Waals surface area (Å²) in [6, 6.07) is 12.7. The second-order valence-electron chi connectivity index (χ2n) is 18.2. The summed E-state index contributed by atoms with van der Waals surface area (Å²) in [6.07, 6.45) is 5.28. The van der Waals surface area contributed by atoms with E-state index in [9.17, 15) is 38.3 Å². The Morgan fingerprint density at radius 3 is 2.37 bits per heavy atom. The number of carbonyl (C=O) groups excluding carboxylic acids is 6. The number of hydrogen-bond acceptors (Lipinski definition) is 14. The van der Waals surface area contributed by atoms with Crippen LogP contribution in [0.4, 0.5) is 25.4 Å². The summed E-state index contributed by atoms with van der Waals surface area (Å²) in [7, 11) is 0. The Labute approximate surface area is 391 Å². The molecule has 0 spiro atoms. The molecule has 0 radical (unpaired) electrons. The van der Waals surface area contributed by atoms with E-state index < -0.39 is 59.2 Å². The van der Waals surface area contributed by atoms with Crippen LogP contribution >= 0.6 is 11.3 Å². The Morgan fingerprint density at radius 2 is 1.65 bits per heavy atom. The number of anilines is 3. The van der Waals surface area contributed by atoms with E-state index in [1.54, 1.807) is 17.5 Å².